The SMILES string of the molecule is CCC(=O)N1CCN(C(C#N)c2ccc(Br)cc2)CC1. The molecule has 1 amide bonds. The number of nitriles is 1. The van der Waals surface area contributed by atoms with Crippen LogP contribution in [0.5, 0.6) is 0 Å². The topological polar surface area (TPSA) is 47.3 Å². The zero-order valence-electron chi connectivity index (χ0n) is 11.6. The van der Waals surface area contributed by atoms with Gasteiger partial charge in [0.05, 0.1) is 6.07 Å². The Kier molecular flexibility index (Phi) is 5.16. The predicted molar refractivity (Wildman–Crippen MR) is 80.9 cm³/mol. The maximum Gasteiger partial charge on any atom is 0.222 e. The molecule has 0 radical (unpaired) electrons. The lowest BCUT2D eigenvalue weighted by Crippen LogP contribution is -2.49. The minimum atomic E-state index is -0.234. The first kappa shape index (κ1) is 15.0. The number of piperazine rings is 1. The second-order valence-electron chi connectivity index (χ2n) is 4.85. The largest absolute Gasteiger partial charge is 0.340 e. The molecule has 0 saturated carbocycles. The summed E-state index contributed by atoms with van der Waals surface area (Å²) in [5, 5.41) is 9.44. The van der Waals surface area contributed by atoms with E-state index in [-0.39, 0.29) is 11.9 Å². The van der Waals surface area contributed by atoms with Gasteiger partial charge < -0.3 is 4.90 Å². The number of carbonyl (C=O) groups excluding carboxylic acids is 1. The van der Waals surface area contributed by atoms with Crippen molar-refractivity contribution in [2.75, 3.05) is 26.2 Å². The van der Waals surface area contributed by atoms with Crippen molar-refractivity contribution in [2.24, 2.45) is 0 Å². The molecular formula is C15H18BrN3O. The lowest BCUT2D eigenvalue weighted by Gasteiger charge is -2.37. The molecule has 0 spiro atoms. The molecule has 1 saturated heterocycles. The van der Waals surface area contributed by atoms with Crippen LogP contribution in [-0.2, 0) is 4.79 Å². The van der Waals surface area contributed by atoms with Crippen LogP contribution in [0.3, 0.4) is 0 Å². The summed E-state index contributed by atoms with van der Waals surface area (Å²) in [6, 6.07) is 10.00. The quantitative estimate of drug-likeness (QED) is 0.852. The van der Waals surface area contributed by atoms with Gasteiger partial charge in [-0.25, -0.2) is 0 Å². The average molecular weight is 336 g/mol. The van der Waals surface area contributed by atoms with Gasteiger partial charge in [-0.05, 0) is 17.7 Å². The predicted octanol–water partition coefficient (Wildman–Crippen LogP) is 2.57. The van der Waals surface area contributed by atoms with Crippen molar-refractivity contribution in [1.82, 2.24) is 9.80 Å². The van der Waals surface area contributed by atoms with Crippen LogP contribution >= 0.6 is 15.9 Å². The average Bonchev–Trinajstić information content (AvgIpc) is 2.50. The fraction of sp³-hybridized carbons (Fsp3) is 0.467. The van der Waals surface area contributed by atoms with E-state index in [2.05, 4.69) is 26.9 Å². The van der Waals surface area contributed by atoms with E-state index < -0.39 is 0 Å². The Morgan fingerprint density at radius 3 is 2.40 bits per heavy atom. The molecule has 0 aliphatic carbocycles. The fourth-order valence-electron chi connectivity index (χ4n) is 2.47. The molecule has 0 N–H and O–H groups in total. The second kappa shape index (κ2) is 6.87. The van der Waals surface area contributed by atoms with E-state index >= 15 is 0 Å². The number of nitrogens with zero attached hydrogens (tertiary/aromatic N) is 3. The lowest BCUT2D eigenvalue weighted by molar-refractivity contribution is -0.132. The first-order chi connectivity index (χ1) is 9.65. The third-order valence-electron chi connectivity index (χ3n) is 3.64. The lowest BCUT2D eigenvalue weighted by atomic mass is 10.1. The number of hydrogen-bond donors (Lipinski definition) is 0. The summed E-state index contributed by atoms with van der Waals surface area (Å²) in [6.07, 6.45) is 0.550. The molecule has 1 atom stereocenters. The second-order valence-corrected chi connectivity index (χ2v) is 5.77. The molecule has 1 aromatic rings. The number of benzene rings is 1. The summed E-state index contributed by atoms with van der Waals surface area (Å²) in [4.78, 5) is 15.7. The molecule has 1 aliphatic rings. The van der Waals surface area contributed by atoms with Crippen LogP contribution < -0.4 is 0 Å². The first-order valence-electron chi connectivity index (χ1n) is 6.82. The Morgan fingerprint density at radius 1 is 1.30 bits per heavy atom. The summed E-state index contributed by atoms with van der Waals surface area (Å²) >= 11 is 3.40. The van der Waals surface area contributed by atoms with E-state index in [9.17, 15) is 10.1 Å². The highest BCUT2D eigenvalue weighted by Crippen LogP contribution is 2.23. The monoisotopic (exact) mass is 335 g/mol. The van der Waals surface area contributed by atoms with Gasteiger partial charge in [0.25, 0.3) is 0 Å². The van der Waals surface area contributed by atoms with Gasteiger partial charge in [0.1, 0.15) is 6.04 Å². The van der Waals surface area contributed by atoms with Crippen LogP contribution in [0.2, 0.25) is 0 Å². The van der Waals surface area contributed by atoms with Crippen molar-refractivity contribution in [3.05, 3.63) is 34.3 Å². The molecule has 2 rings (SSSR count). The van der Waals surface area contributed by atoms with Crippen LogP contribution in [0.4, 0.5) is 0 Å². The summed E-state index contributed by atoms with van der Waals surface area (Å²) in [6.45, 7) is 4.80. The van der Waals surface area contributed by atoms with Crippen LogP contribution in [0.25, 0.3) is 0 Å². The fourth-order valence-corrected chi connectivity index (χ4v) is 2.73. The molecule has 0 bridgehead atoms. The zero-order valence-corrected chi connectivity index (χ0v) is 13.1. The van der Waals surface area contributed by atoms with Crippen molar-refractivity contribution in [3.8, 4) is 6.07 Å². The van der Waals surface area contributed by atoms with Crippen molar-refractivity contribution in [1.29, 1.82) is 5.26 Å². The number of hydrogen-bond acceptors (Lipinski definition) is 3. The van der Waals surface area contributed by atoms with Gasteiger partial charge in [-0.3, -0.25) is 9.69 Å². The van der Waals surface area contributed by atoms with Crippen molar-refractivity contribution >= 4 is 21.8 Å². The van der Waals surface area contributed by atoms with Gasteiger partial charge in [0.2, 0.25) is 5.91 Å². The Bertz CT molecular complexity index is 501. The van der Waals surface area contributed by atoms with Gasteiger partial charge in [-0.2, -0.15) is 5.26 Å². The van der Waals surface area contributed by atoms with Crippen LogP contribution in [0.1, 0.15) is 24.9 Å². The molecule has 1 fully saturated rings. The summed E-state index contributed by atoms with van der Waals surface area (Å²) in [7, 11) is 0. The number of carbonyl (C=O) groups is 1. The van der Waals surface area contributed by atoms with E-state index in [1.54, 1.807) is 0 Å². The van der Waals surface area contributed by atoms with Gasteiger partial charge >= 0.3 is 0 Å². The number of rotatable bonds is 3. The third kappa shape index (κ3) is 3.38. The molecule has 1 aromatic carbocycles. The van der Waals surface area contributed by atoms with Crippen LogP contribution in [0.15, 0.2) is 28.7 Å². The van der Waals surface area contributed by atoms with E-state index in [0.29, 0.717) is 19.5 Å². The maximum absolute atomic E-state index is 11.7. The third-order valence-corrected chi connectivity index (χ3v) is 4.17. The van der Waals surface area contributed by atoms with Gasteiger partial charge in [-0.15, -0.1) is 0 Å². The molecular weight excluding hydrogens is 318 g/mol. The molecule has 5 heteroatoms. The smallest absolute Gasteiger partial charge is 0.222 e. The van der Waals surface area contributed by atoms with Gasteiger partial charge in [0, 0.05) is 37.1 Å². The van der Waals surface area contributed by atoms with Gasteiger partial charge in [0.15, 0.2) is 0 Å². The molecule has 1 unspecified atom stereocenters. The molecule has 106 valence electrons. The summed E-state index contributed by atoms with van der Waals surface area (Å²) < 4.78 is 1.01. The zero-order chi connectivity index (χ0) is 14.5. The minimum absolute atomic E-state index is 0.196. The van der Waals surface area contributed by atoms with E-state index in [1.807, 2.05) is 36.1 Å². The maximum atomic E-state index is 11.7. The van der Waals surface area contributed by atoms with Crippen molar-refractivity contribution in [2.45, 2.75) is 19.4 Å². The van der Waals surface area contributed by atoms with Crippen molar-refractivity contribution < 1.29 is 4.79 Å². The minimum Gasteiger partial charge on any atom is -0.340 e. The highest BCUT2D eigenvalue weighted by molar-refractivity contribution is 9.10. The summed E-state index contributed by atoms with van der Waals surface area (Å²) in [5.74, 6) is 0.196. The Hall–Kier alpha value is -1.38. The Morgan fingerprint density at radius 2 is 1.90 bits per heavy atom. The molecule has 0 aromatic heterocycles. The Balaban J connectivity index is 2.02. The van der Waals surface area contributed by atoms with E-state index in [4.69, 9.17) is 0 Å². The Labute approximate surface area is 128 Å². The summed E-state index contributed by atoms with van der Waals surface area (Å²) in [5.41, 5.74) is 1.01. The van der Waals surface area contributed by atoms with Crippen molar-refractivity contribution in [3.63, 3.8) is 0 Å². The van der Waals surface area contributed by atoms with Crippen LogP contribution in [0, 0.1) is 11.3 Å². The highest BCUT2D eigenvalue weighted by atomic mass is 79.9. The number of amides is 1. The van der Waals surface area contributed by atoms with Crippen LogP contribution in [-0.4, -0.2) is 41.9 Å². The van der Waals surface area contributed by atoms with Gasteiger partial charge in [-0.1, -0.05) is 35.0 Å². The van der Waals surface area contributed by atoms with E-state index in [0.717, 1.165) is 23.1 Å². The van der Waals surface area contributed by atoms with E-state index in [1.165, 1.54) is 0 Å². The normalized spacial score (nSPS) is 17.6. The molecule has 20 heavy (non-hydrogen) atoms. The molecule has 1 aliphatic heterocycles. The highest BCUT2D eigenvalue weighted by Gasteiger charge is 2.26. The standard InChI is InChI=1S/C15H18BrN3O/c1-2-15(20)19-9-7-18(8-10-19)14(11-17)12-3-5-13(16)6-4-12/h3-6,14H,2,7-10H2,1H3. The molecule has 1 heterocycles. The number of halogens is 1. The molecule has 4 nitrogen and oxygen atoms in total. The first-order valence-corrected chi connectivity index (χ1v) is 7.62.